The largest absolute Gasteiger partial charge is 0.465 e. The van der Waals surface area contributed by atoms with Crippen LogP contribution in [-0.2, 0) is 15.7 Å². The molecular weight excluding hydrogens is 395 g/mol. The number of likely N-dealkylation sites (N-methyl/N-ethyl adjacent to an activating group) is 1. The number of aryl methyl sites for hydroxylation is 1. The Balaban J connectivity index is 2.33. The highest BCUT2D eigenvalue weighted by molar-refractivity contribution is 5.76. The van der Waals surface area contributed by atoms with Crippen molar-refractivity contribution in [3.63, 3.8) is 0 Å². The summed E-state index contributed by atoms with van der Waals surface area (Å²) in [5, 5.41) is 10.8. The number of esters is 1. The van der Waals surface area contributed by atoms with E-state index < -0.39 is 22.6 Å². The van der Waals surface area contributed by atoms with E-state index in [0.717, 1.165) is 23.1 Å². The molecule has 1 aromatic carbocycles. The Bertz CT molecular complexity index is 918. The first-order chi connectivity index (χ1) is 13.5. The van der Waals surface area contributed by atoms with Gasteiger partial charge in [0.2, 0.25) is 5.88 Å². The Morgan fingerprint density at radius 1 is 1.28 bits per heavy atom. The number of nitrogens with zero attached hydrogens (tertiary/aromatic N) is 3. The van der Waals surface area contributed by atoms with Gasteiger partial charge in [0.05, 0.1) is 17.1 Å². The third-order valence-electron chi connectivity index (χ3n) is 3.81. The molecule has 0 fully saturated rings. The molecule has 0 aliphatic carbocycles. The number of pyridine rings is 1. The zero-order valence-electron chi connectivity index (χ0n) is 15.8. The molecule has 0 unspecified atom stereocenters. The molecule has 11 heteroatoms. The summed E-state index contributed by atoms with van der Waals surface area (Å²) in [7, 11) is 1.34. The molecule has 1 heterocycles. The summed E-state index contributed by atoms with van der Waals surface area (Å²) in [4.78, 5) is 26.8. The van der Waals surface area contributed by atoms with Crippen molar-refractivity contribution in [1.29, 1.82) is 0 Å². The van der Waals surface area contributed by atoms with Crippen LogP contribution in [0, 0.1) is 17.0 Å². The van der Waals surface area contributed by atoms with Crippen LogP contribution in [0.25, 0.3) is 0 Å². The highest BCUT2D eigenvalue weighted by atomic mass is 19.4. The van der Waals surface area contributed by atoms with Gasteiger partial charge in [0.1, 0.15) is 18.0 Å². The number of hydrogen-bond acceptors (Lipinski definition) is 7. The van der Waals surface area contributed by atoms with Gasteiger partial charge in [0.15, 0.2) is 0 Å². The van der Waals surface area contributed by atoms with Crippen molar-refractivity contribution in [3.05, 3.63) is 51.7 Å². The lowest BCUT2D eigenvalue weighted by atomic mass is 10.1. The van der Waals surface area contributed by atoms with E-state index in [1.807, 2.05) is 0 Å². The number of halogens is 3. The van der Waals surface area contributed by atoms with Crippen LogP contribution in [0.1, 0.15) is 18.2 Å². The Labute approximate surface area is 164 Å². The summed E-state index contributed by atoms with van der Waals surface area (Å²) in [5.41, 5.74) is -1.41. The lowest BCUT2D eigenvalue weighted by Crippen LogP contribution is -2.29. The third kappa shape index (κ3) is 5.56. The van der Waals surface area contributed by atoms with Crippen LogP contribution in [0.3, 0.4) is 0 Å². The number of benzene rings is 1. The SMILES string of the molecule is CCOC(=O)CN(C)c1ccc(Oc2ccc([N+](=O)[O-])c(C)n2)cc1C(F)(F)F. The molecule has 0 aliphatic rings. The highest BCUT2D eigenvalue weighted by Gasteiger charge is 2.35. The molecule has 156 valence electrons. The molecule has 0 saturated heterocycles. The average molecular weight is 413 g/mol. The van der Waals surface area contributed by atoms with Crippen LogP contribution in [0.5, 0.6) is 11.6 Å². The minimum Gasteiger partial charge on any atom is -0.465 e. The molecule has 29 heavy (non-hydrogen) atoms. The number of aromatic nitrogens is 1. The molecule has 0 amide bonds. The van der Waals surface area contributed by atoms with Gasteiger partial charge in [-0.1, -0.05) is 0 Å². The first-order valence-electron chi connectivity index (χ1n) is 8.40. The summed E-state index contributed by atoms with van der Waals surface area (Å²) in [6.45, 7) is 2.74. The Hall–Kier alpha value is -3.37. The minimum absolute atomic E-state index is 0.0642. The molecule has 0 aliphatic heterocycles. The summed E-state index contributed by atoms with van der Waals surface area (Å²) >= 11 is 0. The monoisotopic (exact) mass is 413 g/mol. The molecule has 0 atom stereocenters. The van der Waals surface area contributed by atoms with Gasteiger partial charge in [-0.2, -0.15) is 13.2 Å². The van der Waals surface area contributed by atoms with Gasteiger partial charge in [-0.15, -0.1) is 0 Å². The van der Waals surface area contributed by atoms with E-state index in [4.69, 9.17) is 9.47 Å². The van der Waals surface area contributed by atoms with E-state index in [1.165, 1.54) is 26.1 Å². The van der Waals surface area contributed by atoms with Crippen LogP contribution >= 0.6 is 0 Å². The normalized spacial score (nSPS) is 11.1. The molecule has 0 N–H and O–H groups in total. The number of alkyl halides is 3. The lowest BCUT2D eigenvalue weighted by Gasteiger charge is -2.23. The van der Waals surface area contributed by atoms with E-state index in [1.54, 1.807) is 6.92 Å². The summed E-state index contributed by atoms with van der Waals surface area (Å²) < 4.78 is 50.7. The highest BCUT2D eigenvalue weighted by Crippen LogP contribution is 2.39. The van der Waals surface area contributed by atoms with Crippen molar-refractivity contribution in [2.45, 2.75) is 20.0 Å². The Morgan fingerprint density at radius 2 is 1.97 bits per heavy atom. The molecule has 0 spiro atoms. The maximum Gasteiger partial charge on any atom is 0.418 e. The first-order valence-corrected chi connectivity index (χ1v) is 8.40. The first kappa shape index (κ1) is 21.9. The molecular formula is C18H18F3N3O5. The zero-order valence-corrected chi connectivity index (χ0v) is 15.8. The van der Waals surface area contributed by atoms with Gasteiger partial charge >= 0.3 is 12.1 Å². The van der Waals surface area contributed by atoms with Gasteiger partial charge < -0.3 is 14.4 Å². The van der Waals surface area contributed by atoms with Crippen molar-refractivity contribution in [3.8, 4) is 11.6 Å². The fraction of sp³-hybridized carbons (Fsp3) is 0.333. The molecule has 2 aromatic rings. The number of anilines is 1. The Kier molecular flexibility index (Phi) is 6.62. The fourth-order valence-corrected chi connectivity index (χ4v) is 2.53. The number of nitro groups is 1. The quantitative estimate of drug-likeness (QED) is 0.383. The minimum atomic E-state index is -4.71. The number of rotatable bonds is 7. The molecule has 8 nitrogen and oxygen atoms in total. The standard InChI is InChI=1S/C18H18F3N3O5/c1-4-28-17(25)10-23(3)15-6-5-12(9-13(15)18(19,20)21)29-16-8-7-14(24(26)27)11(2)22-16/h5-9H,4,10H2,1-3H3. The predicted molar refractivity (Wildman–Crippen MR) is 97.0 cm³/mol. The second-order valence-electron chi connectivity index (χ2n) is 5.95. The van der Waals surface area contributed by atoms with Crippen molar-refractivity contribution in [2.75, 3.05) is 25.1 Å². The van der Waals surface area contributed by atoms with E-state index >= 15 is 0 Å². The van der Waals surface area contributed by atoms with Crippen molar-refractivity contribution in [1.82, 2.24) is 4.98 Å². The van der Waals surface area contributed by atoms with Gasteiger partial charge in [-0.3, -0.25) is 14.9 Å². The average Bonchev–Trinajstić information content (AvgIpc) is 2.60. The third-order valence-corrected chi connectivity index (χ3v) is 3.81. The lowest BCUT2D eigenvalue weighted by molar-refractivity contribution is -0.385. The predicted octanol–water partition coefficient (Wildman–Crippen LogP) is 4.11. The molecule has 2 rings (SSSR count). The number of ether oxygens (including phenoxy) is 2. The second-order valence-corrected chi connectivity index (χ2v) is 5.95. The smallest absolute Gasteiger partial charge is 0.418 e. The fourth-order valence-electron chi connectivity index (χ4n) is 2.53. The second kappa shape index (κ2) is 8.76. The van der Waals surface area contributed by atoms with E-state index in [2.05, 4.69) is 4.98 Å². The summed E-state index contributed by atoms with van der Waals surface area (Å²) in [6, 6.07) is 5.57. The van der Waals surface area contributed by atoms with Crippen molar-refractivity contribution >= 4 is 17.3 Å². The molecule has 1 aromatic heterocycles. The summed E-state index contributed by atoms with van der Waals surface area (Å²) in [6.07, 6.45) is -4.71. The molecule has 0 bridgehead atoms. The van der Waals surface area contributed by atoms with Gasteiger partial charge in [-0.05, 0) is 32.0 Å². The number of carbonyl (C=O) groups is 1. The van der Waals surface area contributed by atoms with Crippen LogP contribution in [0.4, 0.5) is 24.5 Å². The van der Waals surface area contributed by atoms with Gasteiger partial charge in [0.25, 0.3) is 5.69 Å². The van der Waals surface area contributed by atoms with Crippen LogP contribution in [0.2, 0.25) is 0 Å². The van der Waals surface area contributed by atoms with Gasteiger partial charge in [-0.25, -0.2) is 4.98 Å². The maximum atomic E-state index is 13.5. The van der Waals surface area contributed by atoms with Crippen molar-refractivity contribution in [2.24, 2.45) is 0 Å². The maximum absolute atomic E-state index is 13.5. The van der Waals surface area contributed by atoms with E-state index in [0.29, 0.717) is 0 Å². The summed E-state index contributed by atoms with van der Waals surface area (Å²) in [5.74, 6) is -0.908. The zero-order chi connectivity index (χ0) is 21.8. The number of hydrogen-bond donors (Lipinski definition) is 0. The van der Waals surface area contributed by atoms with E-state index in [-0.39, 0.29) is 41.8 Å². The van der Waals surface area contributed by atoms with Crippen molar-refractivity contribution < 1.29 is 32.4 Å². The molecule has 0 saturated carbocycles. The topological polar surface area (TPSA) is 94.8 Å². The van der Waals surface area contributed by atoms with Crippen LogP contribution < -0.4 is 9.64 Å². The van der Waals surface area contributed by atoms with Crippen LogP contribution in [-0.4, -0.2) is 36.1 Å². The molecule has 0 radical (unpaired) electrons. The number of carbonyl (C=O) groups excluding carboxylic acids is 1. The van der Waals surface area contributed by atoms with Crippen LogP contribution in [0.15, 0.2) is 30.3 Å². The van der Waals surface area contributed by atoms with Gasteiger partial charge in [0, 0.05) is 24.9 Å². The Morgan fingerprint density at radius 3 is 2.52 bits per heavy atom. The van der Waals surface area contributed by atoms with E-state index in [9.17, 15) is 28.1 Å².